The van der Waals surface area contributed by atoms with E-state index in [9.17, 15) is 14.0 Å². The van der Waals surface area contributed by atoms with Gasteiger partial charge in [0.05, 0.1) is 5.69 Å². The van der Waals surface area contributed by atoms with Crippen molar-refractivity contribution in [3.05, 3.63) is 52.8 Å². The van der Waals surface area contributed by atoms with Crippen LogP contribution in [0.3, 0.4) is 0 Å². The highest BCUT2D eigenvalue weighted by Crippen LogP contribution is 2.35. The Morgan fingerprint density at radius 1 is 1.19 bits per heavy atom. The summed E-state index contributed by atoms with van der Waals surface area (Å²) < 4.78 is 19.1. The molecule has 2 aromatic rings. The molecule has 2 heterocycles. The van der Waals surface area contributed by atoms with Gasteiger partial charge in [-0.05, 0) is 48.7 Å². The maximum atomic E-state index is 13.7. The Hall–Kier alpha value is -2.60. The number of hydrogen-bond acceptors (Lipinski definition) is 3. The zero-order valence-electron chi connectivity index (χ0n) is 13.9. The molecule has 0 saturated heterocycles. The van der Waals surface area contributed by atoms with Crippen LogP contribution in [0.4, 0.5) is 15.8 Å². The van der Waals surface area contributed by atoms with Gasteiger partial charge in [0.25, 0.3) is 5.91 Å². The molecule has 4 rings (SSSR count). The Balaban J connectivity index is 1.63. The van der Waals surface area contributed by atoms with Crippen LogP contribution in [-0.2, 0) is 16.0 Å². The molecule has 0 spiro atoms. The molecular weight excluding hydrogens is 359 g/mol. The van der Waals surface area contributed by atoms with Gasteiger partial charge in [0.1, 0.15) is 18.1 Å². The molecule has 0 fully saturated rings. The van der Waals surface area contributed by atoms with E-state index in [0.29, 0.717) is 28.7 Å². The minimum Gasteiger partial charge on any atom is -0.482 e. The lowest BCUT2D eigenvalue weighted by Crippen LogP contribution is -2.47. The summed E-state index contributed by atoms with van der Waals surface area (Å²) in [6.07, 6.45) is 1.60. The second kappa shape index (κ2) is 6.61. The molecule has 7 heteroatoms. The second-order valence-electron chi connectivity index (χ2n) is 6.30. The average molecular weight is 375 g/mol. The minimum absolute atomic E-state index is 0.132. The summed E-state index contributed by atoms with van der Waals surface area (Å²) in [5.74, 6) is -0.461. The van der Waals surface area contributed by atoms with Gasteiger partial charge in [-0.25, -0.2) is 4.39 Å². The maximum Gasteiger partial charge on any atom is 0.265 e. The predicted molar refractivity (Wildman–Crippen MR) is 96.4 cm³/mol. The van der Waals surface area contributed by atoms with Gasteiger partial charge in [0.2, 0.25) is 5.91 Å². The van der Waals surface area contributed by atoms with Gasteiger partial charge in [-0.15, -0.1) is 0 Å². The third-order valence-corrected chi connectivity index (χ3v) is 4.86. The summed E-state index contributed by atoms with van der Waals surface area (Å²) in [7, 11) is 0. The summed E-state index contributed by atoms with van der Waals surface area (Å²) in [5, 5.41) is 0.449. The zero-order valence-corrected chi connectivity index (χ0v) is 14.6. The van der Waals surface area contributed by atoms with Crippen LogP contribution in [0.25, 0.3) is 0 Å². The van der Waals surface area contributed by atoms with Crippen LogP contribution in [0.15, 0.2) is 36.4 Å². The number of aryl methyl sites for hydroxylation is 1. The molecule has 5 nitrogen and oxygen atoms in total. The Kier molecular flexibility index (Phi) is 4.28. The predicted octanol–water partition coefficient (Wildman–Crippen LogP) is 3.18. The molecule has 0 radical (unpaired) electrons. The van der Waals surface area contributed by atoms with E-state index >= 15 is 0 Å². The third kappa shape index (κ3) is 3.01. The van der Waals surface area contributed by atoms with Gasteiger partial charge < -0.3 is 9.64 Å². The van der Waals surface area contributed by atoms with E-state index in [4.69, 9.17) is 16.3 Å². The van der Waals surface area contributed by atoms with Crippen molar-refractivity contribution in [3.8, 4) is 5.75 Å². The summed E-state index contributed by atoms with van der Waals surface area (Å²) in [5.41, 5.74) is 1.98. The van der Waals surface area contributed by atoms with Crippen molar-refractivity contribution in [1.29, 1.82) is 0 Å². The summed E-state index contributed by atoms with van der Waals surface area (Å²) in [6.45, 7) is 0.217. The molecule has 2 amide bonds. The molecule has 2 aliphatic rings. The number of fused-ring (bicyclic) bond motifs is 2. The molecular formula is C19H16ClFN2O3. The van der Waals surface area contributed by atoms with E-state index < -0.39 is 0 Å². The normalized spacial score (nSPS) is 16.0. The first-order chi connectivity index (χ1) is 12.5. The average Bonchev–Trinajstić information content (AvgIpc) is 2.63. The van der Waals surface area contributed by atoms with Crippen molar-refractivity contribution in [2.45, 2.75) is 12.8 Å². The highest BCUT2D eigenvalue weighted by molar-refractivity contribution is 6.31. The fourth-order valence-electron chi connectivity index (χ4n) is 3.38. The lowest BCUT2D eigenvalue weighted by atomic mass is 10.0. The van der Waals surface area contributed by atoms with E-state index in [1.54, 1.807) is 29.2 Å². The first-order valence-corrected chi connectivity index (χ1v) is 8.72. The number of halogens is 2. The van der Waals surface area contributed by atoms with Crippen molar-refractivity contribution >= 4 is 34.8 Å². The molecule has 0 aliphatic carbocycles. The number of ether oxygens (including phenoxy) is 1. The number of anilines is 2. The Morgan fingerprint density at radius 2 is 2.04 bits per heavy atom. The van der Waals surface area contributed by atoms with Crippen molar-refractivity contribution in [2.75, 3.05) is 29.5 Å². The highest BCUT2D eigenvalue weighted by Gasteiger charge is 2.31. The molecule has 2 aliphatic heterocycles. The largest absolute Gasteiger partial charge is 0.482 e. The Labute approximate surface area is 154 Å². The van der Waals surface area contributed by atoms with Crippen LogP contribution in [0.1, 0.15) is 12.0 Å². The summed E-state index contributed by atoms with van der Waals surface area (Å²) in [6, 6.07) is 9.42. The van der Waals surface area contributed by atoms with E-state index in [1.807, 2.05) is 0 Å². The quantitative estimate of drug-likeness (QED) is 0.811. The molecule has 0 unspecified atom stereocenters. The van der Waals surface area contributed by atoms with Crippen LogP contribution in [-0.4, -0.2) is 31.5 Å². The second-order valence-corrected chi connectivity index (χ2v) is 6.74. The Morgan fingerprint density at radius 3 is 2.88 bits per heavy atom. The minimum atomic E-state index is -0.386. The van der Waals surface area contributed by atoms with E-state index in [1.165, 1.54) is 17.0 Å². The van der Waals surface area contributed by atoms with Gasteiger partial charge in [-0.2, -0.15) is 0 Å². The van der Waals surface area contributed by atoms with Crippen LogP contribution >= 0.6 is 11.6 Å². The standard InChI is InChI=1S/C19H16ClFN2O3/c20-13-4-6-17-16(8-13)23(19(25)11-26-17)10-18(24)22-7-1-2-12-3-5-14(21)9-15(12)22/h3-6,8-9H,1-2,7,10-11H2. The smallest absolute Gasteiger partial charge is 0.265 e. The number of nitrogens with zero attached hydrogens (tertiary/aromatic N) is 2. The third-order valence-electron chi connectivity index (χ3n) is 4.62. The van der Waals surface area contributed by atoms with Crippen molar-refractivity contribution in [2.24, 2.45) is 0 Å². The molecule has 0 aromatic heterocycles. The van der Waals surface area contributed by atoms with Crippen molar-refractivity contribution in [1.82, 2.24) is 0 Å². The fraction of sp³-hybridized carbons (Fsp3) is 0.263. The molecule has 0 N–H and O–H groups in total. The van der Waals surface area contributed by atoms with Gasteiger partial charge in [0.15, 0.2) is 6.61 Å². The van der Waals surface area contributed by atoms with Gasteiger partial charge in [-0.3, -0.25) is 14.5 Å². The maximum absolute atomic E-state index is 13.7. The number of hydrogen-bond donors (Lipinski definition) is 0. The van der Waals surface area contributed by atoms with E-state index in [-0.39, 0.29) is 30.8 Å². The zero-order chi connectivity index (χ0) is 18.3. The monoisotopic (exact) mass is 374 g/mol. The number of benzene rings is 2. The summed E-state index contributed by atoms with van der Waals surface area (Å²) in [4.78, 5) is 28.2. The number of amides is 2. The molecule has 134 valence electrons. The van der Waals surface area contributed by atoms with Crippen LogP contribution in [0.5, 0.6) is 5.75 Å². The van der Waals surface area contributed by atoms with Crippen LogP contribution in [0, 0.1) is 5.82 Å². The lowest BCUT2D eigenvalue weighted by Gasteiger charge is -2.33. The first-order valence-electron chi connectivity index (χ1n) is 8.34. The lowest BCUT2D eigenvalue weighted by molar-refractivity contribution is -0.124. The molecule has 2 aromatic carbocycles. The summed E-state index contributed by atoms with van der Waals surface area (Å²) >= 11 is 6.03. The molecule has 0 bridgehead atoms. The molecule has 0 saturated carbocycles. The number of carbonyl (C=O) groups is 2. The van der Waals surface area contributed by atoms with Gasteiger partial charge in [-0.1, -0.05) is 17.7 Å². The van der Waals surface area contributed by atoms with Gasteiger partial charge >= 0.3 is 0 Å². The number of carbonyl (C=O) groups excluding carboxylic acids is 2. The topological polar surface area (TPSA) is 49.9 Å². The number of rotatable bonds is 2. The molecule has 0 atom stereocenters. The highest BCUT2D eigenvalue weighted by atomic mass is 35.5. The van der Waals surface area contributed by atoms with E-state index in [0.717, 1.165) is 18.4 Å². The SMILES string of the molecule is O=C(CN1C(=O)COc2ccc(Cl)cc21)N1CCCc2ccc(F)cc21. The fourth-order valence-corrected chi connectivity index (χ4v) is 3.54. The molecule has 26 heavy (non-hydrogen) atoms. The van der Waals surface area contributed by atoms with Crippen molar-refractivity contribution < 1.29 is 18.7 Å². The van der Waals surface area contributed by atoms with E-state index in [2.05, 4.69) is 0 Å². The Bertz CT molecular complexity index is 902. The van der Waals surface area contributed by atoms with Crippen molar-refractivity contribution in [3.63, 3.8) is 0 Å². The van der Waals surface area contributed by atoms with Crippen LogP contribution < -0.4 is 14.5 Å². The van der Waals surface area contributed by atoms with Crippen LogP contribution in [0.2, 0.25) is 5.02 Å². The van der Waals surface area contributed by atoms with Gasteiger partial charge in [0, 0.05) is 17.3 Å². The first kappa shape index (κ1) is 16.8.